The van der Waals surface area contributed by atoms with Gasteiger partial charge >= 0.3 is 5.97 Å². The molecule has 0 spiro atoms. The second-order valence-electron chi connectivity index (χ2n) is 7.02. The number of aryl methyl sites for hydroxylation is 1. The van der Waals surface area contributed by atoms with Crippen LogP contribution in [-0.2, 0) is 18.4 Å². The van der Waals surface area contributed by atoms with E-state index in [-0.39, 0.29) is 19.0 Å². The number of hydrogen-bond acceptors (Lipinski definition) is 4. The molecular weight excluding hydrogens is 378 g/mol. The highest BCUT2D eigenvalue weighted by atomic mass is 16.5. The smallest absolute Gasteiger partial charge is 0.338 e. The molecule has 1 aromatic heterocycles. The van der Waals surface area contributed by atoms with Crippen molar-refractivity contribution in [1.82, 2.24) is 4.57 Å². The molecule has 0 fully saturated rings. The maximum atomic E-state index is 13.2. The van der Waals surface area contributed by atoms with Gasteiger partial charge in [0.25, 0.3) is 0 Å². The number of hydrogen-bond donors (Lipinski definition) is 1. The monoisotopic (exact) mass is 399 g/mol. The van der Waals surface area contributed by atoms with E-state index in [1.54, 1.807) is 24.3 Å². The zero-order valence-corrected chi connectivity index (χ0v) is 16.5. The number of esters is 1. The van der Waals surface area contributed by atoms with Crippen molar-refractivity contribution in [3.8, 4) is 11.3 Å². The highest BCUT2D eigenvalue weighted by molar-refractivity contribution is 6.14. The lowest BCUT2D eigenvalue weighted by Gasteiger charge is -2.09. The van der Waals surface area contributed by atoms with Crippen molar-refractivity contribution in [3.05, 3.63) is 95.6 Å². The molecule has 0 bridgehead atoms. The third-order valence-electron chi connectivity index (χ3n) is 5.14. The van der Waals surface area contributed by atoms with Crippen molar-refractivity contribution in [2.45, 2.75) is 6.61 Å². The van der Waals surface area contributed by atoms with Crippen LogP contribution in [0.3, 0.4) is 0 Å². The molecule has 1 heterocycles. The van der Waals surface area contributed by atoms with Crippen molar-refractivity contribution < 1.29 is 19.4 Å². The molecule has 0 radical (unpaired) electrons. The Morgan fingerprint density at radius 2 is 1.57 bits per heavy atom. The van der Waals surface area contributed by atoms with Gasteiger partial charge in [-0.05, 0) is 29.3 Å². The molecule has 3 aromatic carbocycles. The first-order valence-corrected chi connectivity index (χ1v) is 9.63. The fourth-order valence-electron chi connectivity index (χ4n) is 3.64. The number of fused-ring (bicyclic) bond motifs is 1. The minimum absolute atomic E-state index is 0.100. The lowest BCUT2D eigenvalue weighted by Crippen LogP contribution is -2.15. The number of rotatable bonds is 6. The summed E-state index contributed by atoms with van der Waals surface area (Å²) in [6.07, 6.45) is 0. The van der Waals surface area contributed by atoms with E-state index >= 15 is 0 Å². The van der Waals surface area contributed by atoms with Gasteiger partial charge in [0.2, 0.25) is 5.78 Å². The van der Waals surface area contributed by atoms with Gasteiger partial charge in [0, 0.05) is 18.0 Å². The van der Waals surface area contributed by atoms with Crippen LogP contribution in [0.4, 0.5) is 0 Å². The molecule has 0 atom stereocenters. The average molecular weight is 399 g/mol. The van der Waals surface area contributed by atoms with Gasteiger partial charge in [-0.3, -0.25) is 4.79 Å². The Balaban J connectivity index is 1.65. The number of para-hydroxylation sites is 1. The average Bonchev–Trinajstić information content (AvgIpc) is 3.10. The van der Waals surface area contributed by atoms with Crippen molar-refractivity contribution in [3.63, 3.8) is 0 Å². The minimum atomic E-state index is -0.575. The largest absolute Gasteiger partial charge is 0.454 e. The van der Waals surface area contributed by atoms with Gasteiger partial charge in [-0.1, -0.05) is 60.7 Å². The summed E-state index contributed by atoms with van der Waals surface area (Å²) in [5, 5.41) is 9.94. The highest BCUT2D eigenvalue weighted by Gasteiger charge is 2.23. The molecule has 0 saturated heterocycles. The van der Waals surface area contributed by atoms with E-state index in [1.807, 2.05) is 66.2 Å². The zero-order valence-electron chi connectivity index (χ0n) is 16.5. The predicted molar refractivity (Wildman–Crippen MR) is 115 cm³/mol. The molecule has 0 aliphatic rings. The third kappa shape index (κ3) is 3.63. The lowest BCUT2D eigenvalue weighted by atomic mass is 10.0. The molecule has 150 valence electrons. The summed E-state index contributed by atoms with van der Waals surface area (Å²) in [4.78, 5) is 25.5. The van der Waals surface area contributed by atoms with E-state index in [1.165, 1.54) is 0 Å². The molecule has 4 aromatic rings. The molecular formula is C25H21NO4. The number of carbonyl (C=O) groups excluding carboxylic acids is 2. The van der Waals surface area contributed by atoms with Crippen LogP contribution in [-0.4, -0.2) is 28.0 Å². The highest BCUT2D eigenvalue weighted by Crippen LogP contribution is 2.33. The van der Waals surface area contributed by atoms with Crippen LogP contribution >= 0.6 is 0 Å². The summed E-state index contributed by atoms with van der Waals surface area (Å²) in [5.74, 6) is -0.833. The van der Waals surface area contributed by atoms with Crippen LogP contribution in [0, 0.1) is 0 Å². The van der Waals surface area contributed by atoms with Crippen molar-refractivity contribution >= 4 is 22.7 Å². The third-order valence-corrected chi connectivity index (χ3v) is 5.14. The van der Waals surface area contributed by atoms with Crippen LogP contribution in [0.15, 0.2) is 78.9 Å². The summed E-state index contributed by atoms with van der Waals surface area (Å²) in [6.45, 7) is -0.453. The molecule has 5 heteroatoms. The molecule has 4 rings (SSSR count). The molecule has 0 aliphatic heterocycles. The Labute approximate surface area is 174 Å². The molecule has 0 aliphatic carbocycles. The van der Waals surface area contributed by atoms with Crippen molar-refractivity contribution in [2.24, 2.45) is 7.05 Å². The Kier molecular flexibility index (Phi) is 5.46. The van der Waals surface area contributed by atoms with Crippen LogP contribution < -0.4 is 0 Å². The maximum absolute atomic E-state index is 13.2. The first-order chi connectivity index (χ1) is 14.6. The number of ether oxygens (including phenoxy) is 1. The summed E-state index contributed by atoms with van der Waals surface area (Å²) >= 11 is 0. The number of aliphatic hydroxyl groups excluding tert-OH is 1. The van der Waals surface area contributed by atoms with Gasteiger partial charge in [0.05, 0.1) is 23.4 Å². The zero-order chi connectivity index (χ0) is 21.1. The van der Waals surface area contributed by atoms with E-state index in [0.717, 1.165) is 22.2 Å². The lowest BCUT2D eigenvalue weighted by molar-refractivity contribution is 0.0475. The Morgan fingerprint density at radius 3 is 2.27 bits per heavy atom. The molecule has 5 nitrogen and oxygen atoms in total. The van der Waals surface area contributed by atoms with E-state index in [0.29, 0.717) is 16.7 Å². The SMILES string of the molecule is Cn1c(-c2ccccc2)c(C(=O)COC(=O)c2ccc(CO)cc2)c2ccccc21. The second kappa shape index (κ2) is 8.35. The number of benzene rings is 3. The van der Waals surface area contributed by atoms with Crippen molar-refractivity contribution in [2.75, 3.05) is 6.61 Å². The van der Waals surface area contributed by atoms with E-state index in [2.05, 4.69) is 0 Å². The number of aliphatic hydroxyl groups is 1. The van der Waals surface area contributed by atoms with Gasteiger partial charge in [-0.2, -0.15) is 0 Å². The number of carbonyl (C=O) groups is 2. The second-order valence-corrected chi connectivity index (χ2v) is 7.02. The molecule has 30 heavy (non-hydrogen) atoms. The standard InChI is InChI=1S/C25H21NO4/c1-26-21-10-6-5-9-20(21)23(24(26)18-7-3-2-4-8-18)22(28)16-30-25(29)19-13-11-17(15-27)12-14-19/h2-14,27H,15-16H2,1H3. The van der Waals surface area contributed by atoms with Crippen LogP contribution in [0.2, 0.25) is 0 Å². The van der Waals surface area contributed by atoms with Gasteiger partial charge in [-0.25, -0.2) is 4.79 Å². The Hall–Kier alpha value is -3.70. The number of ketones is 1. The van der Waals surface area contributed by atoms with E-state index in [9.17, 15) is 9.59 Å². The van der Waals surface area contributed by atoms with Gasteiger partial charge in [0.1, 0.15) is 0 Å². The van der Waals surface area contributed by atoms with Gasteiger partial charge in [-0.15, -0.1) is 0 Å². The number of aromatic nitrogens is 1. The first kappa shape index (κ1) is 19.6. The predicted octanol–water partition coefficient (Wildman–Crippen LogP) is 4.38. The summed E-state index contributed by atoms with van der Waals surface area (Å²) in [7, 11) is 1.93. The maximum Gasteiger partial charge on any atom is 0.338 e. The summed E-state index contributed by atoms with van der Waals surface area (Å²) in [5.41, 5.74) is 4.23. The van der Waals surface area contributed by atoms with Crippen molar-refractivity contribution in [1.29, 1.82) is 0 Å². The fourth-order valence-corrected chi connectivity index (χ4v) is 3.64. The first-order valence-electron chi connectivity index (χ1n) is 9.63. The van der Waals surface area contributed by atoms with Crippen LogP contribution in [0.1, 0.15) is 26.3 Å². The molecule has 1 N–H and O–H groups in total. The summed E-state index contributed by atoms with van der Waals surface area (Å²) < 4.78 is 7.30. The van der Waals surface area contributed by atoms with Crippen LogP contribution in [0.25, 0.3) is 22.2 Å². The number of nitrogens with zero attached hydrogens (tertiary/aromatic N) is 1. The number of Topliss-reactive ketones (excluding diaryl/α,β-unsaturated/α-hetero) is 1. The minimum Gasteiger partial charge on any atom is -0.454 e. The van der Waals surface area contributed by atoms with Gasteiger partial charge < -0.3 is 14.4 Å². The summed E-state index contributed by atoms with van der Waals surface area (Å²) in [6, 6.07) is 23.8. The Morgan fingerprint density at radius 1 is 0.900 bits per heavy atom. The van der Waals surface area contributed by atoms with Crippen LogP contribution in [0.5, 0.6) is 0 Å². The topological polar surface area (TPSA) is 68.5 Å². The molecule has 0 unspecified atom stereocenters. The normalized spacial score (nSPS) is 10.9. The van der Waals surface area contributed by atoms with E-state index in [4.69, 9.17) is 9.84 Å². The fraction of sp³-hybridized carbons (Fsp3) is 0.120. The Bertz CT molecular complexity index is 1210. The molecule has 0 amide bonds. The molecule has 0 saturated carbocycles. The van der Waals surface area contributed by atoms with E-state index < -0.39 is 5.97 Å². The quantitative estimate of drug-likeness (QED) is 0.386. The van der Waals surface area contributed by atoms with Gasteiger partial charge in [0.15, 0.2) is 6.61 Å².